The molecule has 0 atom stereocenters. The average Bonchev–Trinajstić information content (AvgIpc) is 3.07. The summed E-state index contributed by atoms with van der Waals surface area (Å²) in [6.45, 7) is 0.567. The summed E-state index contributed by atoms with van der Waals surface area (Å²) >= 11 is 1.67. The third-order valence-corrected chi connectivity index (χ3v) is 4.03. The summed E-state index contributed by atoms with van der Waals surface area (Å²) in [5, 5.41) is 5.28. The summed E-state index contributed by atoms with van der Waals surface area (Å²) in [4.78, 5) is 16.2. The Hall–Kier alpha value is -2.14. The molecule has 3 nitrogen and oxygen atoms in total. The van der Waals surface area contributed by atoms with E-state index in [-0.39, 0.29) is 11.7 Å². The fourth-order valence-corrected chi connectivity index (χ4v) is 2.80. The van der Waals surface area contributed by atoms with Crippen LogP contribution in [0.2, 0.25) is 0 Å². The molecule has 102 valence electrons. The molecule has 3 aromatic rings. The minimum atomic E-state index is -0.323. The Morgan fingerprint density at radius 3 is 2.95 bits per heavy atom. The van der Waals surface area contributed by atoms with Crippen molar-refractivity contribution in [3.05, 3.63) is 58.2 Å². The van der Waals surface area contributed by atoms with Gasteiger partial charge in [-0.1, -0.05) is 12.1 Å². The van der Waals surface area contributed by atoms with Crippen molar-refractivity contribution in [3.8, 4) is 0 Å². The zero-order valence-electron chi connectivity index (χ0n) is 10.7. The molecule has 0 aliphatic rings. The zero-order chi connectivity index (χ0) is 13.9. The Labute approximate surface area is 119 Å². The fourth-order valence-electron chi connectivity index (χ4n) is 2.09. The van der Waals surface area contributed by atoms with E-state index < -0.39 is 0 Å². The van der Waals surface area contributed by atoms with Crippen molar-refractivity contribution >= 4 is 28.1 Å². The smallest absolute Gasteiger partial charge is 0.267 e. The number of hydrogen-bond acceptors (Lipinski definition) is 2. The van der Waals surface area contributed by atoms with Gasteiger partial charge in [0, 0.05) is 22.3 Å². The predicted molar refractivity (Wildman–Crippen MR) is 78.6 cm³/mol. The second-order valence-electron chi connectivity index (χ2n) is 4.47. The second kappa shape index (κ2) is 5.46. The number of nitrogens with one attached hydrogen (secondary N) is 2. The molecule has 0 fully saturated rings. The van der Waals surface area contributed by atoms with Gasteiger partial charge in [-0.05, 0) is 36.1 Å². The van der Waals surface area contributed by atoms with Crippen molar-refractivity contribution < 1.29 is 9.18 Å². The molecule has 3 rings (SSSR count). The first kappa shape index (κ1) is 12.9. The number of H-pyrrole nitrogens is 1. The number of aromatic amines is 1. The van der Waals surface area contributed by atoms with Crippen LogP contribution >= 0.6 is 11.3 Å². The van der Waals surface area contributed by atoms with Gasteiger partial charge >= 0.3 is 0 Å². The monoisotopic (exact) mass is 288 g/mol. The summed E-state index contributed by atoms with van der Waals surface area (Å²) in [5.74, 6) is -0.534. The fraction of sp³-hybridized carbons (Fsp3) is 0.133. The number of carbonyl (C=O) groups is 1. The zero-order valence-corrected chi connectivity index (χ0v) is 11.5. The number of amides is 1. The number of thiophene rings is 1. The second-order valence-corrected chi connectivity index (χ2v) is 5.50. The van der Waals surface area contributed by atoms with Gasteiger partial charge in [0.25, 0.3) is 5.91 Å². The van der Waals surface area contributed by atoms with E-state index in [1.165, 1.54) is 10.9 Å². The van der Waals surface area contributed by atoms with Gasteiger partial charge in [-0.15, -0.1) is 11.3 Å². The minimum Gasteiger partial charge on any atom is -0.350 e. The molecule has 1 aromatic carbocycles. The first-order valence-corrected chi connectivity index (χ1v) is 7.20. The van der Waals surface area contributed by atoms with Gasteiger partial charge in [-0.3, -0.25) is 4.79 Å². The molecule has 0 saturated carbocycles. The van der Waals surface area contributed by atoms with Crippen LogP contribution in [0.1, 0.15) is 15.4 Å². The standard InChI is InChI=1S/C15H13FN2OS/c16-12-4-1-5-13-11(12)9-14(18-13)15(19)17-7-6-10-3-2-8-20-10/h1-5,8-9,18H,6-7H2,(H,17,19). The van der Waals surface area contributed by atoms with Crippen molar-refractivity contribution in [1.29, 1.82) is 0 Å². The summed E-state index contributed by atoms with van der Waals surface area (Å²) in [5.41, 5.74) is 1.02. The maximum absolute atomic E-state index is 13.6. The van der Waals surface area contributed by atoms with Crippen LogP contribution in [0.4, 0.5) is 4.39 Å². The highest BCUT2D eigenvalue weighted by atomic mass is 32.1. The van der Waals surface area contributed by atoms with Crippen molar-refractivity contribution in [3.63, 3.8) is 0 Å². The van der Waals surface area contributed by atoms with E-state index in [1.54, 1.807) is 29.5 Å². The average molecular weight is 288 g/mol. The van der Waals surface area contributed by atoms with Gasteiger partial charge in [0.1, 0.15) is 11.5 Å². The molecule has 0 saturated heterocycles. The highest BCUT2D eigenvalue weighted by Crippen LogP contribution is 2.18. The molecule has 5 heteroatoms. The van der Waals surface area contributed by atoms with Crippen LogP contribution in [0.5, 0.6) is 0 Å². The lowest BCUT2D eigenvalue weighted by molar-refractivity contribution is 0.0950. The Kier molecular flexibility index (Phi) is 3.52. The van der Waals surface area contributed by atoms with E-state index in [0.29, 0.717) is 23.1 Å². The molecule has 0 radical (unpaired) electrons. The number of fused-ring (bicyclic) bond motifs is 1. The largest absolute Gasteiger partial charge is 0.350 e. The van der Waals surface area contributed by atoms with Crippen LogP contribution in [0, 0.1) is 5.82 Å². The van der Waals surface area contributed by atoms with E-state index in [9.17, 15) is 9.18 Å². The molecule has 0 aliphatic carbocycles. The molecule has 0 bridgehead atoms. The summed E-state index contributed by atoms with van der Waals surface area (Å²) < 4.78 is 13.6. The lowest BCUT2D eigenvalue weighted by atomic mass is 10.2. The Bertz CT molecular complexity index is 734. The molecular formula is C15H13FN2OS. The topological polar surface area (TPSA) is 44.9 Å². The maximum atomic E-state index is 13.6. The molecule has 2 heterocycles. The van der Waals surface area contributed by atoms with Crippen molar-refractivity contribution in [1.82, 2.24) is 10.3 Å². The van der Waals surface area contributed by atoms with Crippen LogP contribution < -0.4 is 5.32 Å². The highest BCUT2D eigenvalue weighted by molar-refractivity contribution is 7.09. The molecule has 1 amide bonds. The molecule has 0 aliphatic heterocycles. The summed E-state index contributed by atoms with van der Waals surface area (Å²) in [6, 6.07) is 10.3. The van der Waals surface area contributed by atoms with Crippen molar-refractivity contribution in [2.75, 3.05) is 6.54 Å². The normalized spacial score (nSPS) is 10.8. The van der Waals surface area contributed by atoms with Crippen LogP contribution in [0.25, 0.3) is 10.9 Å². The highest BCUT2D eigenvalue weighted by Gasteiger charge is 2.11. The van der Waals surface area contributed by atoms with Gasteiger partial charge in [0.05, 0.1) is 0 Å². The number of hydrogen-bond donors (Lipinski definition) is 2. The van der Waals surface area contributed by atoms with Crippen molar-refractivity contribution in [2.24, 2.45) is 0 Å². The van der Waals surface area contributed by atoms with Crippen LogP contribution in [0.15, 0.2) is 41.8 Å². The van der Waals surface area contributed by atoms with Gasteiger partial charge in [0.2, 0.25) is 0 Å². The SMILES string of the molecule is O=C(NCCc1cccs1)c1cc2c(F)cccc2[nH]1. The molecule has 2 aromatic heterocycles. The van der Waals surface area contributed by atoms with E-state index in [2.05, 4.69) is 10.3 Å². The Morgan fingerprint density at radius 2 is 2.20 bits per heavy atom. The van der Waals surface area contributed by atoms with Crippen LogP contribution in [-0.4, -0.2) is 17.4 Å². The quantitative estimate of drug-likeness (QED) is 0.760. The Morgan fingerprint density at radius 1 is 1.30 bits per heavy atom. The molecule has 0 unspecified atom stereocenters. The van der Waals surface area contributed by atoms with Crippen LogP contribution in [0.3, 0.4) is 0 Å². The molecule has 2 N–H and O–H groups in total. The van der Waals surface area contributed by atoms with Gasteiger partial charge in [0.15, 0.2) is 0 Å². The lowest BCUT2D eigenvalue weighted by Crippen LogP contribution is -2.25. The van der Waals surface area contributed by atoms with Crippen LogP contribution in [-0.2, 0) is 6.42 Å². The third kappa shape index (κ3) is 2.58. The van der Waals surface area contributed by atoms with Gasteiger partial charge < -0.3 is 10.3 Å². The predicted octanol–water partition coefficient (Wildman–Crippen LogP) is 3.34. The maximum Gasteiger partial charge on any atom is 0.267 e. The van der Waals surface area contributed by atoms with E-state index in [1.807, 2.05) is 17.5 Å². The van der Waals surface area contributed by atoms with E-state index >= 15 is 0 Å². The number of aromatic nitrogens is 1. The molecular weight excluding hydrogens is 275 g/mol. The first-order valence-electron chi connectivity index (χ1n) is 6.32. The third-order valence-electron chi connectivity index (χ3n) is 3.09. The Balaban J connectivity index is 1.68. The summed E-state index contributed by atoms with van der Waals surface area (Å²) in [7, 11) is 0. The number of halogens is 1. The van der Waals surface area contributed by atoms with E-state index in [0.717, 1.165) is 6.42 Å². The number of benzene rings is 1. The molecule has 0 spiro atoms. The first-order chi connectivity index (χ1) is 9.74. The number of carbonyl (C=O) groups excluding carboxylic acids is 1. The molecule has 20 heavy (non-hydrogen) atoms. The lowest BCUT2D eigenvalue weighted by Gasteiger charge is -2.01. The minimum absolute atomic E-state index is 0.211. The van der Waals surface area contributed by atoms with Gasteiger partial charge in [-0.25, -0.2) is 4.39 Å². The number of rotatable bonds is 4. The van der Waals surface area contributed by atoms with E-state index in [4.69, 9.17) is 0 Å². The summed E-state index contributed by atoms with van der Waals surface area (Å²) in [6.07, 6.45) is 0.804. The van der Waals surface area contributed by atoms with Crippen molar-refractivity contribution in [2.45, 2.75) is 6.42 Å². The van der Waals surface area contributed by atoms with Gasteiger partial charge in [-0.2, -0.15) is 0 Å².